The highest BCUT2D eigenvalue weighted by atomic mass is 19.1. The minimum atomic E-state index is -1.46. The Hall–Kier alpha value is -1.62. The molecule has 0 radical (unpaired) electrons. The van der Waals surface area contributed by atoms with Crippen LogP contribution in [-0.4, -0.2) is 24.8 Å². The molecule has 1 N–H and O–H groups in total. The van der Waals surface area contributed by atoms with Crippen molar-refractivity contribution >= 4 is 5.97 Å². The molecule has 0 aliphatic carbocycles. The van der Waals surface area contributed by atoms with E-state index in [1.165, 1.54) is 13.2 Å². The lowest BCUT2D eigenvalue weighted by atomic mass is 10.1. The molecule has 88 valence electrons. The fourth-order valence-corrected chi connectivity index (χ4v) is 1.26. The number of esters is 1. The van der Waals surface area contributed by atoms with Crippen molar-refractivity contribution in [2.75, 3.05) is 13.7 Å². The number of methoxy groups -OCH3 is 1. The van der Waals surface area contributed by atoms with E-state index >= 15 is 0 Å². The quantitative estimate of drug-likeness (QED) is 0.792. The molecule has 4 nitrogen and oxygen atoms in total. The summed E-state index contributed by atoms with van der Waals surface area (Å²) in [6.45, 7) is 1.80. The minimum absolute atomic E-state index is 0.112. The second-order valence-electron chi connectivity index (χ2n) is 3.04. The lowest BCUT2D eigenvalue weighted by molar-refractivity contribution is -0.153. The third-order valence-corrected chi connectivity index (χ3v) is 2.00. The summed E-state index contributed by atoms with van der Waals surface area (Å²) >= 11 is 0. The van der Waals surface area contributed by atoms with Crippen LogP contribution in [0.25, 0.3) is 0 Å². The Kier molecular flexibility index (Phi) is 4.25. The molecule has 5 heteroatoms. The van der Waals surface area contributed by atoms with Gasteiger partial charge >= 0.3 is 5.97 Å². The molecule has 16 heavy (non-hydrogen) atoms. The number of carbonyl (C=O) groups is 1. The number of halogens is 1. The number of hydrogen-bond acceptors (Lipinski definition) is 4. The van der Waals surface area contributed by atoms with Crippen molar-refractivity contribution in [2.45, 2.75) is 13.0 Å². The van der Waals surface area contributed by atoms with E-state index in [-0.39, 0.29) is 17.9 Å². The first-order valence-electron chi connectivity index (χ1n) is 4.78. The molecular formula is C11H13FO4. The third-order valence-electron chi connectivity index (χ3n) is 2.00. The van der Waals surface area contributed by atoms with Crippen LogP contribution in [0.15, 0.2) is 18.2 Å². The van der Waals surface area contributed by atoms with Gasteiger partial charge in [-0.05, 0) is 19.1 Å². The Morgan fingerprint density at radius 2 is 2.25 bits per heavy atom. The second-order valence-corrected chi connectivity index (χ2v) is 3.04. The van der Waals surface area contributed by atoms with Crippen LogP contribution in [-0.2, 0) is 9.53 Å². The van der Waals surface area contributed by atoms with E-state index in [0.29, 0.717) is 0 Å². The third kappa shape index (κ3) is 2.70. The molecular weight excluding hydrogens is 215 g/mol. The molecule has 1 rings (SSSR count). The standard InChI is InChI=1S/C11H13FO4/c1-3-16-11(14)10(13)8-5-4-7(12)6-9(8)15-2/h4-6,10,13H,3H2,1-2H3. The molecule has 0 saturated carbocycles. The van der Waals surface area contributed by atoms with Gasteiger partial charge in [0.25, 0.3) is 0 Å². The first-order chi connectivity index (χ1) is 7.60. The van der Waals surface area contributed by atoms with Crippen LogP contribution in [0, 0.1) is 5.82 Å². The highest BCUT2D eigenvalue weighted by Crippen LogP contribution is 2.26. The molecule has 0 aliphatic rings. The maximum absolute atomic E-state index is 12.9. The molecule has 1 atom stereocenters. The largest absolute Gasteiger partial charge is 0.496 e. The van der Waals surface area contributed by atoms with E-state index in [9.17, 15) is 14.3 Å². The van der Waals surface area contributed by atoms with E-state index in [4.69, 9.17) is 4.74 Å². The van der Waals surface area contributed by atoms with Crippen molar-refractivity contribution in [2.24, 2.45) is 0 Å². The smallest absolute Gasteiger partial charge is 0.339 e. The van der Waals surface area contributed by atoms with Gasteiger partial charge in [0.1, 0.15) is 11.6 Å². The van der Waals surface area contributed by atoms with Crippen molar-refractivity contribution in [1.29, 1.82) is 0 Å². The maximum atomic E-state index is 12.9. The van der Waals surface area contributed by atoms with Gasteiger partial charge in [0, 0.05) is 11.6 Å². The van der Waals surface area contributed by atoms with E-state index in [0.717, 1.165) is 12.1 Å². The van der Waals surface area contributed by atoms with Gasteiger partial charge in [0.2, 0.25) is 0 Å². The highest BCUT2D eigenvalue weighted by Gasteiger charge is 2.22. The van der Waals surface area contributed by atoms with Crippen molar-refractivity contribution < 1.29 is 23.8 Å². The predicted octanol–water partition coefficient (Wildman–Crippen LogP) is 1.43. The fourth-order valence-electron chi connectivity index (χ4n) is 1.26. The molecule has 1 aromatic rings. The molecule has 0 aromatic heterocycles. The maximum Gasteiger partial charge on any atom is 0.339 e. The van der Waals surface area contributed by atoms with E-state index < -0.39 is 17.9 Å². The molecule has 1 aromatic carbocycles. The number of ether oxygens (including phenoxy) is 2. The van der Waals surface area contributed by atoms with Gasteiger partial charge in [-0.3, -0.25) is 0 Å². The molecule has 0 fully saturated rings. The average molecular weight is 228 g/mol. The van der Waals surface area contributed by atoms with E-state index in [2.05, 4.69) is 4.74 Å². The normalized spacial score (nSPS) is 12.0. The second kappa shape index (κ2) is 5.46. The predicted molar refractivity (Wildman–Crippen MR) is 54.5 cm³/mol. The number of aliphatic hydroxyl groups is 1. The summed E-state index contributed by atoms with van der Waals surface area (Å²) in [5.74, 6) is -1.18. The lowest BCUT2D eigenvalue weighted by Gasteiger charge is -2.13. The van der Waals surface area contributed by atoms with Gasteiger partial charge in [-0.2, -0.15) is 0 Å². The average Bonchev–Trinajstić information content (AvgIpc) is 2.28. The number of benzene rings is 1. The first-order valence-corrected chi connectivity index (χ1v) is 4.78. The Bertz CT molecular complexity index is 378. The van der Waals surface area contributed by atoms with Crippen LogP contribution in [0.5, 0.6) is 5.75 Å². The van der Waals surface area contributed by atoms with Crippen molar-refractivity contribution in [1.82, 2.24) is 0 Å². The number of hydrogen-bond donors (Lipinski definition) is 1. The van der Waals surface area contributed by atoms with E-state index in [1.807, 2.05) is 0 Å². The molecule has 0 amide bonds. The van der Waals surface area contributed by atoms with Crippen LogP contribution in [0.2, 0.25) is 0 Å². The summed E-state index contributed by atoms with van der Waals surface area (Å²) in [4.78, 5) is 11.3. The summed E-state index contributed by atoms with van der Waals surface area (Å²) in [6.07, 6.45) is -1.46. The van der Waals surface area contributed by atoms with Gasteiger partial charge in [0.15, 0.2) is 6.10 Å². The van der Waals surface area contributed by atoms with Gasteiger partial charge in [-0.1, -0.05) is 0 Å². The Morgan fingerprint density at radius 1 is 1.56 bits per heavy atom. The van der Waals surface area contributed by atoms with Crippen LogP contribution in [0.3, 0.4) is 0 Å². The van der Waals surface area contributed by atoms with Gasteiger partial charge in [0.05, 0.1) is 13.7 Å². The lowest BCUT2D eigenvalue weighted by Crippen LogP contribution is -2.16. The van der Waals surface area contributed by atoms with Gasteiger partial charge < -0.3 is 14.6 Å². The zero-order chi connectivity index (χ0) is 12.1. The van der Waals surface area contributed by atoms with Crippen LogP contribution < -0.4 is 4.74 Å². The van der Waals surface area contributed by atoms with Crippen molar-refractivity contribution in [3.8, 4) is 5.75 Å². The van der Waals surface area contributed by atoms with Crippen LogP contribution >= 0.6 is 0 Å². The molecule has 1 unspecified atom stereocenters. The monoisotopic (exact) mass is 228 g/mol. The Morgan fingerprint density at radius 3 is 2.81 bits per heavy atom. The van der Waals surface area contributed by atoms with Crippen molar-refractivity contribution in [3.05, 3.63) is 29.6 Å². The number of aliphatic hydroxyl groups excluding tert-OH is 1. The molecule has 0 aliphatic heterocycles. The zero-order valence-corrected chi connectivity index (χ0v) is 9.07. The first kappa shape index (κ1) is 12.4. The number of carbonyl (C=O) groups excluding carboxylic acids is 1. The van der Waals surface area contributed by atoms with Crippen molar-refractivity contribution in [3.63, 3.8) is 0 Å². The summed E-state index contributed by atoms with van der Waals surface area (Å²) in [7, 11) is 1.33. The highest BCUT2D eigenvalue weighted by molar-refractivity contribution is 5.77. The summed E-state index contributed by atoms with van der Waals surface area (Å²) in [6, 6.07) is 3.52. The molecule has 0 saturated heterocycles. The van der Waals surface area contributed by atoms with Crippen LogP contribution in [0.4, 0.5) is 4.39 Å². The minimum Gasteiger partial charge on any atom is -0.496 e. The Labute approximate surface area is 92.6 Å². The molecule has 0 bridgehead atoms. The summed E-state index contributed by atoms with van der Waals surface area (Å²) in [5, 5.41) is 9.65. The zero-order valence-electron chi connectivity index (χ0n) is 9.07. The number of rotatable bonds is 4. The SMILES string of the molecule is CCOC(=O)C(O)c1ccc(F)cc1OC. The topological polar surface area (TPSA) is 55.8 Å². The van der Waals surface area contributed by atoms with E-state index in [1.54, 1.807) is 6.92 Å². The van der Waals surface area contributed by atoms with Crippen LogP contribution in [0.1, 0.15) is 18.6 Å². The molecule has 0 heterocycles. The molecule has 0 spiro atoms. The summed E-state index contributed by atoms with van der Waals surface area (Å²) in [5.41, 5.74) is 0.183. The summed E-state index contributed by atoms with van der Waals surface area (Å²) < 4.78 is 22.4. The van der Waals surface area contributed by atoms with Gasteiger partial charge in [-0.25, -0.2) is 9.18 Å². The van der Waals surface area contributed by atoms with Gasteiger partial charge in [-0.15, -0.1) is 0 Å². The fraction of sp³-hybridized carbons (Fsp3) is 0.364. The Balaban J connectivity index is 2.98.